The standard InChI is InChI=1S/C24H27FN4O3S/c1-13-8-18(28-21(9-13)29-20-10-14(2)17(25)11-26-20)19-12-27-23(33-19)24(3,32)16-6-4-15(5-7-16)22(30)31/h8-12,15-16,32H,4-7H2,1-3H3,(H,30,31)(H,26,28,29)/t15-,16-,24-/m1/s1. The summed E-state index contributed by atoms with van der Waals surface area (Å²) in [5.74, 6) is -0.405. The van der Waals surface area contributed by atoms with Crippen LogP contribution in [-0.4, -0.2) is 31.1 Å². The number of aliphatic hydroxyl groups is 1. The molecule has 0 saturated heterocycles. The van der Waals surface area contributed by atoms with Crippen LogP contribution in [0.15, 0.2) is 30.6 Å². The number of aryl methyl sites for hydroxylation is 2. The molecule has 7 nitrogen and oxygen atoms in total. The lowest BCUT2D eigenvalue weighted by Crippen LogP contribution is -2.35. The summed E-state index contributed by atoms with van der Waals surface area (Å²) in [7, 11) is 0. The average Bonchev–Trinajstić information content (AvgIpc) is 3.27. The Labute approximate surface area is 195 Å². The molecule has 33 heavy (non-hydrogen) atoms. The minimum atomic E-state index is -1.13. The first-order chi connectivity index (χ1) is 15.6. The minimum absolute atomic E-state index is 0.0393. The third kappa shape index (κ3) is 5.04. The van der Waals surface area contributed by atoms with Crippen LogP contribution in [0.1, 0.15) is 48.7 Å². The fraction of sp³-hybridized carbons (Fsp3) is 0.417. The number of hydrogen-bond acceptors (Lipinski definition) is 7. The van der Waals surface area contributed by atoms with E-state index in [-0.39, 0.29) is 17.7 Å². The smallest absolute Gasteiger partial charge is 0.306 e. The van der Waals surface area contributed by atoms with Crippen LogP contribution in [0.3, 0.4) is 0 Å². The summed E-state index contributed by atoms with van der Waals surface area (Å²) in [6, 6.07) is 5.45. The molecule has 1 saturated carbocycles. The van der Waals surface area contributed by atoms with Crippen molar-refractivity contribution in [2.45, 2.75) is 52.1 Å². The van der Waals surface area contributed by atoms with Gasteiger partial charge in [0.1, 0.15) is 28.1 Å². The number of nitrogens with zero attached hydrogens (tertiary/aromatic N) is 3. The number of carbonyl (C=O) groups is 1. The number of anilines is 2. The quantitative estimate of drug-likeness (QED) is 0.454. The maximum absolute atomic E-state index is 13.5. The molecule has 0 unspecified atom stereocenters. The van der Waals surface area contributed by atoms with Crippen molar-refractivity contribution in [2.24, 2.45) is 11.8 Å². The van der Waals surface area contributed by atoms with Crippen LogP contribution in [-0.2, 0) is 10.4 Å². The van der Waals surface area contributed by atoms with Crippen molar-refractivity contribution < 1.29 is 19.4 Å². The second-order valence-corrected chi connectivity index (χ2v) is 9.95. The second kappa shape index (κ2) is 9.15. The Balaban J connectivity index is 1.54. The Bertz CT molecular complexity index is 1170. The van der Waals surface area contributed by atoms with Gasteiger partial charge in [-0.05, 0) is 81.7 Å². The van der Waals surface area contributed by atoms with E-state index in [0.29, 0.717) is 53.6 Å². The van der Waals surface area contributed by atoms with Crippen LogP contribution in [0.4, 0.5) is 16.0 Å². The fourth-order valence-corrected chi connectivity index (χ4v) is 5.30. The van der Waals surface area contributed by atoms with Gasteiger partial charge in [-0.2, -0.15) is 0 Å². The average molecular weight is 471 g/mol. The zero-order chi connectivity index (χ0) is 23.8. The predicted molar refractivity (Wildman–Crippen MR) is 125 cm³/mol. The van der Waals surface area contributed by atoms with E-state index < -0.39 is 11.6 Å². The summed E-state index contributed by atoms with van der Waals surface area (Å²) in [6.45, 7) is 5.40. The maximum atomic E-state index is 13.5. The fourth-order valence-electron chi connectivity index (χ4n) is 4.30. The first-order valence-corrected chi connectivity index (χ1v) is 11.7. The lowest BCUT2D eigenvalue weighted by Gasteiger charge is -2.35. The van der Waals surface area contributed by atoms with E-state index in [1.165, 1.54) is 17.5 Å². The molecule has 3 aromatic heterocycles. The summed E-state index contributed by atoms with van der Waals surface area (Å²) in [5.41, 5.74) is 1.06. The number of nitrogens with one attached hydrogen (secondary N) is 1. The third-order valence-corrected chi connectivity index (χ3v) is 7.58. The molecule has 0 aromatic carbocycles. The van der Waals surface area contributed by atoms with E-state index in [9.17, 15) is 19.4 Å². The number of hydrogen-bond donors (Lipinski definition) is 3. The highest BCUT2D eigenvalue weighted by Crippen LogP contribution is 2.43. The Morgan fingerprint density at radius 3 is 2.52 bits per heavy atom. The van der Waals surface area contributed by atoms with Gasteiger partial charge in [-0.15, -0.1) is 11.3 Å². The number of aliphatic carboxylic acids is 1. The Morgan fingerprint density at radius 1 is 1.12 bits per heavy atom. The molecular formula is C24H27FN4O3S. The molecule has 3 aromatic rings. The Morgan fingerprint density at radius 2 is 1.85 bits per heavy atom. The first-order valence-electron chi connectivity index (χ1n) is 10.9. The molecule has 1 atom stereocenters. The molecule has 1 aliphatic rings. The van der Waals surface area contributed by atoms with Crippen LogP contribution >= 0.6 is 11.3 Å². The summed E-state index contributed by atoms with van der Waals surface area (Å²) in [6.07, 6.45) is 5.33. The molecule has 0 bridgehead atoms. The van der Waals surface area contributed by atoms with Crippen molar-refractivity contribution in [3.05, 3.63) is 52.5 Å². The topological polar surface area (TPSA) is 108 Å². The van der Waals surface area contributed by atoms with Crippen molar-refractivity contribution in [1.29, 1.82) is 0 Å². The molecule has 0 spiro atoms. The normalized spacial score (nSPS) is 20.3. The third-order valence-electron chi connectivity index (χ3n) is 6.34. The van der Waals surface area contributed by atoms with E-state index in [4.69, 9.17) is 0 Å². The number of halogens is 1. The van der Waals surface area contributed by atoms with Crippen LogP contribution in [0.5, 0.6) is 0 Å². The van der Waals surface area contributed by atoms with Crippen LogP contribution in [0, 0.1) is 31.5 Å². The van der Waals surface area contributed by atoms with E-state index in [2.05, 4.69) is 20.3 Å². The van der Waals surface area contributed by atoms with Gasteiger partial charge in [0.15, 0.2) is 0 Å². The first kappa shape index (κ1) is 23.3. The lowest BCUT2D eigenvalue weighted by atomic mass is 9.74. The zero-order valence-electron chi connectivity index (χ0n) is 18.8. The van der Waals surface area contributed by atoms with Gasteiger partial charge >= 0.3 is 5.97 Å². The molecule has 0 amide bonds. The number of pyridine rings is 2. The van der Waals surface area contributed by atoms with Gasteiger partial charge in [0.05, 0.1) is 22.7 Å². The van der Waals surface area contributed by atoms with E-state index >= 15 is 0 Å². The monoisotopic (exact) mass is 470 g/mol. The Hall–Kier alpha value is -2.91. The predicted octanol–water partition coefficient (Wildman–Crippen LogP) is 5.20. The highest BCUT2D eigenvalue weighted by molar-refractivity contribution is 7.15. The molecular weight excluding hydrogens is 443 g/mol. The SMILES string of the molecule is Cc1cc(Nc2cc(C)c(F)cn2)nc(-c2cnc([C@](C)(O)[C@H]3CC[C@H](C(=O)O)CC3)s2)c1. The van der Waals surface area contributed by atoms with Gasteiger partial charge in [0.25, 0.3) is 0 Å². The molecule has 3 heterocycles. The van der Waals surface area contributed by atoms with Gasteiger partial charge in [0, 0.05) is 6.20 Å². The number of rotatable bonds is 6. The summed E-state index contributed by atoms with van der Waals surface area (Å²) in [4.78, 5) is 25.3. The maximum Gasteiger partial charge on any atom is 0.306 e. The van der Waals surface area contributed by atoms with Crippen LogP contribution in [0.25, 0.3) is 10.6 Å². The second-order valence-electron chi connectivity index (χ2n) is 8.92. The minimum Gasteiger partial charge on any atom is -0.481 e. The van der Waals surface area contributed by atoms with Crippen molar-refractivity contribution >= 4 is 28.9 Å². The number of carboxylic acids is 1. The Kier molecular flexibility index (Phi) is 6.45. The van der Waals surface area contributed by atoms with E-state index in [0.717, 1.165) is 10.4 Å². The van der Waals surface area contributed by atoms with Crippen LogP contribution in [0.2, 0.25) is 0 Å². The number of aromatic nitrogens is 3. The summed E-state index contributed by atoms with van der Waals surface area (Å²) < 4.78 is 13.5. The molecule has 0 aliphatic heterocycles. The highest BCUT2D eigenvalue weighted by Gasteiger charge is 2.40. The summed E-state index contributed by atoms with van der Waals surface area (Å²) >= 11 is 1.39. The van der Waals surface area contributed by atoms with Gasteiger partial charge in [-0.1, -0.05) is 0 Å². The van der Waals surface area contributed by atoms with Gasteiger partial charge in [-0.25, -0.2) is 19.3 Å². The number of carboxylic acid groups (broad SMARTS) is 1. The highest BCUT2D eigenvalue weighted by atomic mass is 32.1. The molecule has 1 fully saturated rings. The van der Waals surface area contributed by atoms with Crippen molar-refractivity contribution in [2.75, 3.05) is 5.32 Å². The summed E-state index contributed by atoms with van der Waals surface area (Å²) in [5, 5.41) is 24.2. The van der Waals surface area contributed by atoms with Crippen molar-refractivity contribution in [1.82, 2.24) is 15.0 Å². The molecule has 174 valence electrons. The molecule has 9 heteroatoms. The molecule has 3 N–H and O–H groups in total. The van der Waals surface area contributed by atoms with E-state index in [1.807, 2.05) is 19.1 Å². The largest absolute Gasteiger partial charge is 0.481 e. The molecule has 4 rings (SSSR count). The van der Waals surface area contributed by atoms with Crippen molar-refractivity contribution in [3.63, 3.8) is 0 Å². The van der Waals surface area contributed by atoms with Gasteiger partial charge < -0.3 is 15.5 Å². The van der Waals surface area contributed by atoms with Gasteiger partial charge in [-0.3, -0.25) is 4.79 Å². The lowest BCUT2D eigenvalue weighted by molar-refractivity contribution is -0.144. The zero-order valence-corrected chi connectivity index (χ0v) is 19.6. The molecule has 1 aliphatic carbocycles. The van der Waals surface area contributed by atoms with Gasteiger partial charge in [0.2, 0.25) is 0 Å². The van der Waals surface area contributed by atoms with E-state index in [1.54, 1.807) is 26.1 Å². The molecule has 0 radical (unpaired) electrons. The number of thiazole rings is 1. The van der Waals surface area contributed by atoms with Crippen molar-refractivity contribution in [3.8, 4) is 10.6 Å². The van der Waals surface area contributed by atoms with Crippen LogP contribution < -0.4 is 5.32 Å².